The van der Waals surface area contributed by atoms with E-state index >= 15 is 0 Å². The lowest BCUT2D eigenvalue weighted by atomic mass is 9.84. The molecular weight excluding hydrogens is 346 g/mol. The van der Waals surface area contributed by atoms with Gasteiger partial charge in [0.2, 0.25) is 0 Å². The Hall–Kier alpha value is -3.24. The average molecular weight is 365 g/mol. The normalized spacial score (nSPS) is 15.8. The number of nitrogens with zero attached hydrogens (tertiary/aromatic N) is 3. The topological polar surface area (TPSA) is 107 Å². The van der Waals surface area contributed by atoms with E-state index in [2.05, 4.69) is 0 Å². The van der Waals surface area contributed by atoms with Crippen LogP contribution < -0.4 is 0 Å². The van der Waals surface area contributed by atoms with Gasteiger partial charge in [-0.1, -0.05) is 18.2 Å². The second-order valence-electron chi connectivity index (χ2n) is 6.77. The number of amides is 1. The lowest BCUT2D eigenvalue weighted by Gasteiger charge is -2.38. The molecule has 2 aromatic carbocycles. The summed E-state index contributed by atoms with van der Waals surface area (Å²) in [5.41, 5.74) is 0.897. The van der Waals surface area contributed by atoms with Gasteiger partial charge in [-0.2, -0.15) is 5.26 Å². The molecule has 0 aromatic heterocycles. The standard InChI is InChI=1S/C20H19N3O4/c1-14-2-5-16(12-18(14)23(26)27)19(24)22-10-8-20(25,9-11-22)17-6-3-15(13-21)4-7-17/h2-7,12,25H,8-11H2,1H3. The number of nitriles is 1. The van der Waals surface area contributed by atoms with E-state index in [0.717, 1.165) is 5.56 Å². The summed E-state index contributed by atoms with van der Waals surface area (Å²) in [5.74, 6) is -0.278. The van der Waals surface area contributed by atoms with Gasteiger partial charge in [0.15, 0.2) is 0 Å². The van der Waals surface area contributed by atoms with Crippen LogP contribution in [-0.4, -0.2) is 33.9 Å². The van der Waals surface area contributed by atoms with E-state index in [1.165, 1.54) is 6.07 Å². The molecule has 1 fully saturated rings. The molecule has 138 valence electrons. The lowest BCUT2D eigenvalue weighted by molar-refractivity contribution is -0.385. The van der Waals surface area contributed by atoms with Gasteiger partial charge >= 0.3 is 0 Å². The number of aryl methyl sites for hydroxylation is 1. The molecule has 2 aromatic rings. The summed E-state index contributed by atoms with van der Waals surface area (Å²) in [5, 5.41) is 30.9. The highest BCUT2D eigenvalue weighted by Gasteiger charge is 2.35. The predicted octanol–water partition coefficient (Wildman–Crippen LogP) is 2.90. The number of hydrogen-bond acceptors (Lipinski definition) is 5. The number of nitro groups is 1. The van der Waals surface area contributed by atoms with Crippen molar-refractivity contribution < 1.29 is 14.8 Å². The van der Waals surface area contributed by atoms with Gasteiger partial charge in [-0.25, -0.2) is 0 Å². The number of nitro benzene ring substituents is 1. The third-order valence-electron chi connectivity index (χ3n) is 5.08. The first-order valence-electron chi connectivity index (χ1n) is 8.61. The molecule has 3 rings (SSSR count). The SMILES string of the molecule is Cc1ccc(C(=O)N2CCC(O)(c3ccc(C#N)cc3)CC2)cc1[N+](=O)[O-]. The van der Waals surface area contributed by atoms with Crippen molar-refractivity contribution in [3.05, 3.63) is 74.8 Å². The fourth-order valence-corrected chi connectivity index (χ4v) is 3.35. The van der Waals surface area contributed by atoms with Gasteiger partial charge in [0.05, 0.1) is 22.2 Å². The van der Waals surface area contributed by atoms with Gasteiger partial charge in [-0.05, 0) is 43.5 Å². The second kappa shape index (κ2) is 7.17. The maximum Gasteiger partial charge on any atom is 0.273 e. The smallest absolute Gasteiger partial charge is 0.273 e. The Kier molecular flexibility index (Phi) is 4.93. The number of rotatable bonds is 3. The van der Waals surface area contributed by atoms with Gasteiger partial charge in [0, 0.05) is 30.3 Å². The highest BCUT2D eigenvalue weighted by atomic mass is 16.6. The van der Waals surface area contributed by atoms with Crippen molar-refractivity contribution in [2.24, 2.45) is 0 Å². The van der Waals surface area contributed by atoms with Crippen molar-refractivity contribution in [3.8, 4) is 6.07 Å². The Morgan fingerprint density at radius 2 is 1.85 bits per heavy atom. The molecule has 1 amide bonds. The van der Waals surface area contributed by atoms with Crippen LogP contribution in [-0.2, 0) is 5.60 Å². The van der Waals surface area contributed by atoms with Gasteiger partial charge in [-0.3, -0.25) is 14.9 Å². The van der Waals surface area contributed by atoms with E-state index in [4.69, 9.17) is 5.26 Å². The summed E-state index contributed by atoms with van der Waals surface area (Å²) in [7, 11) is 0. The maximum atomic E-state index is 12.7. The van der Waals surface area contributed by atoms with Crippen LogP contribution in [0.4, 0.5) is 5.69 Å². The zero-order valence-corrected chi connectivity index (χ0v) is 14.9. The third-order valence-corrected chi connectivity index (χ3v) is 5.08. The molecule has 7 heteroatoms. The van der Waals surface area contributed by atoms with Crippen LogP contribution in [0.2, 0.25) is 0 Å². The summed E-state index contributed by atoms with van der Waals surface area (Å²) in [4.78, 5) is 24.9. The molecule has 0 radical (unpaired) electrons. The van der Waals surface area contributed by atoms with Gasteiger partial charge in [-0.15, -0.1) is 0 Å². The minimum Gasteiger partial charge on any atom is -0.385 e. The highest BCUT2D eigenvalue weighted by Crippen LogP contribution is 2.33. The monoisotopic (exact) mass is 365 g/mol. The number of piperidine rings is 1. The number of aliphatic hydroxyl groups is 1. The molecule has 27 heavy (non-hydrogen) atoms. The molecule has 1 aliphatic heterocycles. The van der Waals surface area contributed by atoms with Gasteiger partial charge in [0.1, 0.15) is 0 Å². The van der Waals surface area contributed by atoms with E-state index in [0.29, 0.717) is 37.1 Å². The molecule has 1 saturated heterocycles. The Morgan fingerprint density at radius 3 is 2.41 bits per heavy atom. The van der Waals surface area contributed by atoms with Crippen molar-refractivity contribution in [2.75, 3.05) is 13.1 Å². The van der Waals surface area contributed by atoms with Crippen LogP contribution in [0.5, 0.6) is 0 Å². The van der Waals surface area contributed by atoms with E-state index in [-0.39, 0.29) is 17.2 Å². The lowest BCUT2D eigenvalue weighted by Crippen LogP contribution is -2.45. The molecule has 0 saturated carbocycles. The molecular formula is C20H19N3O4. The van der Waals surface area contributed by atoms with Crippen LogP contribution in [0.15, 0.2) is 42.5 Å². The van der Waals surface area contributed by atoms with Crippen LogP contribution >= 0.6 is 0 Å². The molecule has 1 heterocycles. The largest absolute Gasteiger partial charge is 0.385 e. The van der Waals surface area contributed by atoms with Crippen LogP contribution in [0.25, 0.3) is 0 Å². The Balaban J connectivity index is 1.73. The highest BCUT2D eigenvalue weighted by molar-refractivity contribution is 5.95. The second-order valence-corrected chi connectivity index (χ2v) is 6.77. The van der Waals surface area contributed by atoms with Crippen LogP contribution in [0, 0.1) is 28.4 Å². The summed E-state index contributed by atoms with van der Waals surface area (Å²) in [6, 6.07) is 13.3. The Bertz CT molecular complexity index is 923. The van der Waals surface area contributed by atoms with E-state index < -0.39 is 10.5 Å². The molecule has 1 N–H and O–H groups in total. The molecule has 0 atom stereocenters. The maximum absolute atomic E-state index is 12.7. The average Bonchev–Trinajstić information content (AvgIpc) is 2.68. The van der Waals surface area contributed by atoms with Crippen molar-refractivity contribution in [1.82, 2.24) is 4.90 Å². The van der Waals surface area contributed by atoms with Crippen molar-refractivity contribution in [1.29, 1.82) is 5.26 Å². The van der Waals surface area contributed by atoms with Crippen molar-refractivity contribution >= 4 is 11.6 Å². The molecule has 0 aliphatic carbocycles. The molecule has 7 nitrogen and oxygen atoms in total. The Labute approximate surface area is 156 Å². The first-order chi connectivity index (χ1) is 12.8. The number of carbonyl (C=O) groups is 1. The summed E-state index contributed by atoms with van der Waals surface area (Å²) >= 11 is 0. The van der Waals surface area contributed by atoms with E-state index in [9.17, 15) is 20.0 Å². The first-order valence-corrected chi connectivity index (χ1v) is 8.61. The number of likely N-dealkylation sites (tertiary alicyclic amines) is 1. The van der Waals surface area contributed by atoms with Crippen LogP contribution in [0.1, 0.15) is 39.9 Å². The fourth-order valence-electron chi connectivity index (χ4n) is 3.35. The molecule has 1 aliphatic rings. The minimum atomic E-state index is -1.05. The summed E-state index contributed by atoms with van der Waals surface area (Å²) in [6.07, 6.45) is 0.719. The van der Waals surface area contributed by atoms with Gasteiger partial charge in [0.25, 0.3) is 11.6 Å². The molecule has 0 unspecified atom stereocenters. The Morgan fingerprint density at radius 1 is 1.22 bits per heavy atom. The predicted molar refractivity (Wildman–Crippen MR) is 98.0 cm³/mol. The summed E-state index contributed by atoms with van der Waals surface area (Å²) in [6.45, 7) is 2.32. The minimum absolute atomic E-state index is 0.0769. The molecule has 0 spiro atoms. The summed E-state index contributed by atoms with van der Waals surface area (Å²) < 4.78 is 0. The third kappa shape index (κ3) is 3.66. The van der Waals surface area contributed by atoms with E-state index in [1.54, 1.807) is 48.2 Å². The zero-order valence-electron chi connectivity index (χ0n) is 14.9. The number of carbonyl (C=O) groups excluding carboxylic acids is 1. The number of benzene rings is 2. The van der Waals surface area contributed by atoms with Crippen LogP contribution in [0.3, 0.4) is 0 Å². The first kappa shape index (κ1) is 18.5. The number of hydrogen-bond donors (Lipinski definition) is 1. The van der Waals surface area contributed by atoms with Gasteiger partial charge < -0.3 is 10.0 Å². The fraction of sp³-hybridized carbons (Fsp3) is 0.300. The molecule has 0 bridgehead atoms. The van der Waals surface area contributed by atoms with Crippen molar-refractivity contribution in [2.45, 2.75) is 25.4 Å². The zero-order chi connectivity index (χ0) is 19.6. The quantitative estimate of drug-likeness (QED) is 0.665. The van der Waals surface area contributed by atoms with E-state index in [1.807, 2.05) is 6.07 Å². The van der Waals surface area contributed by atoms with Crippen molar-refractivity contribution in [3.63, 3.8) is 0 Å².